The lowest BCUT2D eigenvalue weighted by molar-refractivity contribution is -0.00461. The van der Waals surface area contributed by atoms with Gasteiger partial charge >= 0.3 is 6.09 Å². The largest absolute Gasteiger partial charge is 0.453 e. The highest BCUT2D eigenvalue weighted by molar-refractivity contribution is 5.68. The van der Waals surface area contributed by atoms with Crippen molar-refractivity contribution >= 4 is 6.09 Å². The number of hydrogen-bond donors (Lipinski definition) is 1. The van der Waals surface area contributed by atoms with Crippen molar-refractivity contribution in [3.63, 3.8) is 0 Å². The second-order valence-corrected chi connectivity index (χ2v) is 6.90. The molecule has 0 bridgehead atoms. The Hall–Kier alpha value is -1.59. The topological polar surface area (TPSA) is 64.8 Å². The lowest BCUT2D eigenvalue weighted by atomic mass is 9.83. The van der Waals surface area contributed by atoms with E-state index in [0.29, 0.717) is 19.1 Å². The van der Waals surface area contributed by atoms with Crippen molar-refractivity contribution < 1.29 is 14.3 Å². The zero-order chi connectivity index (χ0) is 16.9. The van der Waals surface area contributed by atoms with Crippen LogP contribution >= 0.6 is 0 Å². The molecular weight excluding hydrogens is 304 g/mol. The molecule has 2 fully saturated rings. The second kappa shape index (κ2) is 7.99. The number of amides is 1. The molecule has 0 spiro atoms. The molecule has 5 heteroatoms. The molecule has 24 heavy (non-hydrogen) atoms. The van der Waals surface area contributed by atoms with Crippen LogP contribution in [0.2, 0.25) is 0 Å². The average Bonchev–Trinajstić information content (AvgIpc) is 3.01. The van der Waals surface area contributed by atoms with E-state index in [-0.39, 0.29) is 24.3 Å². The molecule has 0 unspecified atom stereocenters. The predicted octanol–water partition coefficient (Wildman–Crippen LogP) is 2.90. The Bertz CT molecular complexity index is 529. The van der Waals surface area contributed by atoms with E-state index in [1.165, 1.54) is 12.7 Å². The van der Waals surface area contributed by atoms with Gasteiger partial charge in [0.05, 0.1) is 25.9 Å². The van der Waals surface area contributed by atoms with E-state index >= 15 is 0 Å². The number of carbonyl (C=O) groups is 1. The molecule has 1 aliphatic heterocycles. The van der Waals surface area contributed by atoms with Gasteiger partial charge in [0.2, 0.25) is 0 Å². The summed E-state index contributed by atoms with van der Waals surface area (Å²) in [6.07, 6.45) is 5.24. The van der Waals surface area contributed by atoms with Gasteiger partial charge in [0.1, 0.15) is 0 Å². The maximum Gasteiger partial charge on any atom is 0.409 e. The molecule has 3 rings (SSSR count). The van der Waals surface area contributed by atoms with Gasteiger partial charge in [-0.3, -0.25) is 0 Å². The molecule has 5 nitrogen and oxygen atoms in total. The fourth-order valence-electron chi connectivity index (χ4n) is 3.96. The van der Waals surface area contributed by atoms with Crippen molar-refractivity contribution in [2.75, 3.05) is 20.3 Å². The van der Waals surface area contributed by atoms with Crippen LogP contribution in [0.1, 0.15) is 43.6 Å². The van der Waals surface area contributed by atoms with Gasteiger partial charge < -0.3 is 20.1 Å². The molecule has 2 aliphatic rings. The monoisotopic (exact) mass is 332 g/mol. The molecule has 0 radical (unpaired) electrons. The lowest BCUT2D eigenvalue weighted by Crippen LogP contribution is -2.46. The summed E-state index contributed by atoms with van der Waals surface area (Å²) in [4.78, 5) is 13.5. The third kappa shape index (κ3) is 3.90. The van der Waals surface area contributed by atoms with E-state index in [4.69, 9.17) is 15.2 Å². The summed E-state index contributed by atoms with van der Waals surface area (Å²) in [7, 11) is 1.41. The number of nitrogens with zero attached hydrogens (tertiary/aromatic N) is 1. The first-order valence-corrected chi connectivity index (χ1v) is 8.95. The van der Waals surface area contributed by atoms with Crippen LogP contribution in [0.3, 0.4) is 0 Å². The van der Waals surface area contributed by atoms with Crippen LogP contribution in [0.15, 0.2) is 30.3 Å². The fraction of sp³-hybridized carbons (Fsp3) is 0.632. The van der Waals surface area contributed by atoms with Crippen molar-refractivity contribution in [3.05, 3.63) is 35.9 Å². The second-order valence-electron chi connectivity index (χ2n) is 6.90. The van der Waals surface area contributed by atoms with Gasteiger partial charge in [-0.05, 0) is 43.6 Å². The summed E-state index contributed by atoms with van der Waals surface area (Å²) in [6.45, 7) is 1.17. The third-order valence-electron chi connectivity index (χ3n) is 5.45. The third-order valence-corrected chi connectivity index (χ3v) is 5.45. The van der Waals surface area contributed by atoms with Gasteiger partial charge in [-0.2, -0.15) is 0 Å². The maximum atomic E-state index is 11.8. The predicted molar refractivity (Wildman–Crippen MR) is 92.9 cm³/mol. The van der Waals surface area contributed by atoms with Crippen LogP contribution in [0.4, 0.5) is 4.79 Å². The van der Waals surface area contributed by atoms with Gasteiger partial charge in [0, 0.05) is 12.6 Å². The van der Waals surface area contributed by atoms with Gasteiger partial charge in [-0.25, -0.2) is 4.79 Å². The van der Waals surface area contributed by atoms with Crippen molar-refractivity contribution in [1.82, 2.24) is 4.90 Å². The Balaban J connectivity index is 1.47. The lowest BCUT2D eigenvalue weighted by Gasteiger charge is -2.31. The standard InChI is InChI=1S/C19H28N2O3/c1-23-19(22)21-12-11-17(20)18(21)13-24-16-9-7-15(8-10-16)14-5-3-2-4-6-14/h2-6,15-18H,7-13,20H2,1H3/t15-,16+,17-,18-/m0/s1. The number of rotatable bonds is 4. The molecule has 1 saturated heterocycles. The number of benzene rings is 1. The van der Waals surface area contributed by atoms with E-state index in [2.05, 4.69) is 30.3 Å². The molecule has 1 amide bonds. The Labute approximate surface area is 144 Å². The van der Waals surface area contributed by atoms with Crippen LogP contribution in [-0.2, 0) is 9.47 Å². The molecule has 132 valence electrons. The van der Waals surface area contributed by atoms with Gasteiger partial charge in [0.15, 0.2) is 0 Å². The van der Waals surface area contributed by atoms with E-state index in [1.54, 1.807) is 4.90 Å². The molecule has 2 atom stereocenters. The summed E-state index contributed by atoms with van der Waals surface area (Å²) < 4.78 is 11.0. The maximum absolute atomic E-state index is 11.8. The van der Waals surface area contributed by atoms with Gasteiger partial charge in [-0.15, -0.1) is 0 Å². The zero-order valence-corrected chi connectivity index (χ0v) is 14.4. The molecule has 1 aromatic rings. The van der Waals surface area contributed by atoms with Crippen LogP contribution < -0.4 is 5.73 Å². The first-order chi connectivity index (χ1) is 11.7. The molecule has 0 aromatic heterocycles. The smallest absolute Gasteiger partial charge is 0.409 e. The van der Waals surface area contributed by atoms with Crippen molar-refractivity contribution in [3.8, 4) is 0 Å². The average molecular weight is 332 g/mol. The Morgan fingerprint density at radius 2 is 1.88 bits per heavy atom. The molecule has 1 saturated carbocycles. The van der Waals surface area contributed by atoms with Crippen LogP contribution in [-0.4, -0.2) is 49.4 Å². The summed E-state index contributed by atoms with van der Waals surface area (Å²) in [5.74, 6) is 0.645. The first kappa shape index (κ1) is 17.2. The first-order valence-electron chi connectivity index (χ1n) is 8.95. The van der Waals surface area contributed by atoms with Gasteiger partial charge in [-0.1, -0.05) is 30.3 Å². The van der Waals surface area contributed by atoms with Crippen LogP contribution in [0, 0.1) is 0 Å². The van der Waals surface area contributed by atoms with Gasteiger partial charge in [0.25, 0.3) is 0 Å². The summed E-state index contributed by atoms with van der Waals surface area (Å²) in [5, 5.41) is 0. The number of carbonyl (C=O) groups excluding carboxylic acids is 1. The summed E-state index contributed by atoms with van der Waals surface area (Å²) in [6, 6.07) is 10.6. The molecule has 1 heterocycles. The highest BCUT2D eigenvalue weighted by atomic mass is 16.5. The minimum Gasteiger partial charge on any atom is -0.453 e. The fourth-order valence-corrected chi connectivity index (χ4v) is 3.96. The van der Waals surface area contributed by atoms with Crippen molar-refractivity contribution in [2.45, 2.75) is 56.2 Å². The van der Waals surface area contributed by atoms with Crippen molar-refractivity contribution in [1.29, 1.82) is 0 Å². The molecule has 2 N–H and O–H groups in total. The Morgan fingerprint density at radius 3 is 2.54 bits per heavy atom. The van der Waals surface area contributed by atoms with E-state index in [9.17, 15) is 4.79 Å². The molecule has 1 aromatic carbocycles. The van der Waals surface area contributed by atoms with E-state index in [1.807, 2.05) is 0 Å². The molecular formula is C19H28N2O3. The Kier molecular flexibility index (Phi) is 5.74. The quantitative estimate of drug-likeness (QED) is 0.921. The summed E-state index contributed by atoms with van der Waals surface area (Å²) in [5.41, 5.74) is 7.58. The van der Waals surface area contributed by atoms with Crippen LogP contribution in [0.5, 0.6) is 0 Å². The normalized spacial score (nSPS) is 30.3. The van der Waals surface area contributed by atoms with Crippen molar-refractivity contribution in [2.24, 2.45) is 5.73 Å². The molecule has 1 aliphatic carbocycles. The number of likely N-dealkylation sites (tertiary alicyclic amines) is 1. The minimum absolute atomic E-state index is 0.0234. The summed E-state index contributed by atoms with van der Waals surface area (Å²) >= 11 is 0. The van der Waals surface area contributed by atoms with E-state index in [0.717, 1.165) is 32.1 Å². The highest BCUT2D eigenvalue weighted by Gasteiger charge is 2.36. The van der Waals surface area contributed by atoms with Crippen LogP contribution in [0.25, 0.3) is 0 Å². The minimum atomic E-state index is -0.302. The SMILES string of the molecule is COC(=O)N1CC[C@H](N)[C@@H]1CO[C@H]1CC[C@@H](c2ccccc2)CC1. The number of ether oxygens (including phenoxy) is 2. The number of hydrogen-bond acceptors (Lipinski definition) is 4. The number of methoxy groups -OCH3 is 1. The zero-order valence-electron chi connectivity index (χ0n) is 14.4. The number of nitrogens with two attached hydrogens (primary N) is 1. The van der Waals surface area contributed by atoms with E-state index < -0.39 is 0 Å². The Morgan fingerprint density at radius 1 is 1.17 bits per heavy atom. The highest BCUT2D eigenvalue weighted by Crippen LogP contribution is 2.34.